The van der Waals surface area contributed by atoms with Gasteiger partial charge in [-0.1, -0.05) is 227 Å². The van der Waals surface area contributed by atoms with Crippen molar-refractivity contribution in [1.29, 1.82) is 0 Å². The number of carbonyl (C=O) groups excluding carboxylic acids is 1. The molecule has 376 valence electrons. The topological polar surface area (TPSA) is 108 Å². The molecule has 0 aromatic carbocycles. The standard InChI is InChI=1S/C56H101N2O6P/c1-6-8-10-12-13-14-15-16-17-18-19-20-21-22-23-24-25-26-27-28-29-30-31-32-33-34-35-36-37-38-39-40-41-42-43-44-45-46-48-50-56(60)57-54(55(59)49-47-11-9-7-2)53-64-65(61,62)63-52-51-58(3,4)5/h8,10,13-14,16-17,19-20,22-23,25-26,47,49,54-55,59H,6-7,9,11-12,15,18,21,24,27-46,48,50-53H2,1-5H3,(H-,57,60,61,62)/b10-8-,14-13-,17-16-,20-19-,23-22-,26-25-,49-47+. The third kappa shape index (κ3) is 49.4. The van der Waals surface area contributed by atoms with E-state index in [0.29, 0.717) is 17.4 Å². The molecule has 0 aromatic heterocycles. The number of carbonyl (C=O) groups is 1. The van der Waals surface area contributed by atoms with E-state index in [1.165, 1.54) is 116 Å². The summed E-state index contributed by atoms with van der Waals surface area (Å²) in [6.07, 6.45) is 66.0. The summed E-state index contributed by atoms with van der Waals surface area (Å²) in [5, 5.41) is 13.5. The lowest BCUT2D eigenvalue weighted by Crippen LogP contribution is -2.45. The number of hydrogen-bond donors (Lipinski definition) is 2. The van der Waals surface area contributed by atoms with Gasteiger partial charge in [0, 0.05) is 6.42 Å². The summed E-state index contributed by atoms with van der Waals surface area (Å²) in [5.74, 6) is -0.207. The van der Waals surface area contributed by atoms with E-state index < -0.39 is 20.0 Å². The van der Waals surface area contributed by atoms with E-state index in [2.05, 4.69) is 92.1 Å². The van der Waals surface area contributed by atoms with E-state index >= 15 is 0 Å². The number of phosphoric acid groups is 1. The number of nitrogens with one attached hydrogen (secondary N) is 1. The third-order valence-electron chi connectivity index (χ3n) is 11.4. The van der Waals surface area contributed by atoms with Crippen molar-refractivity contribution < 1.29 is 32.9 Å². The Balaban J connectivity index is 3.72. The predicted octanol–water partition coefficient (Wildman–Crippen LogP) is 15.1. The van der Waals surface area contributed by atoms with Gasteiger partial charge in [0.1, 0.15) is 13.2 Å². The minimum absolute atomic E-state index is 0.00360. The Bertz CT molecular complexity index is 1330. The number of quaternary nitrogens is 1. The molecule has 0 aromatic rings. The highest BCUT2D eigenvalue weighted by molar-refractivity contribution is 7.45. The maximum absolute atomic E-state index is 12.7. The Morgan fingerprint density at radius 1 is 0.554 bits per heavy atom. The number of aliphatic hydroxyl groups is 1. The van der Waals surface area contributed by atoms with E-state index in [4.69, 9.17) is 9.05 Å². The quantitative estimate of drug-likeness (QED) is 0.0272. The predicted molar refractivity (Wildman–Crippen MR) is 279 cm³/mol. The first kappa shape index (κ1) is 62.7. The molecule has 65 heavy (non-hydrogen) atoms. The van der Waals surface area contributed by atoms with Gasteiger partial charge in [-0.05, 0) is 64.2 Å². The number of hydrogen-bond acceptors (Lipinski definition) is 6. The molecule has 0 bridgehead atoms. The molecule has 0 aliphatic rings. The number of aliphatic hydroxyl groups excluding tert-OH is 1. The second-order valence-electron chi connectivity index (χ2n) is 18.9. The number of likely N-dealkylation sites (N-methyl/N-ethyl adjacent to an activating group) is 1. The molecular formula is C56H101N2O6P. The summed E-state index contributed by atoms with van der Waals surface area (Å²) < 4.78 is 23.0. The minimum atomic E-state index is -4.57. The first-order chi connectivity index (χ1) is 31.5. The summed E-state index contributed by atoms with van der Waals surface area (Å²) in [4.78, 5) is 25.1. The highest BCUT2D eigenvalue weighted by atomic mass is 31.2. The van der Waals surface area contributed by atoms with Gasteiger partial charge in [-0.15, -0.1) is 0 Å². The zero-order valence-electron chi connectivity index (χ0n) is 42.7. The van der Waals surface area contributed by atoms with Crippen molar-refractivity contribution in [2.45, 2.75) is 225 Å². The Labute approximate surface area is 401 Å². The smallest absolute Gasteiger partial charge is 0.268 e. The monoisotopic (exact) mass is 929 g/mol. The van der Waals surface area contributed by atoms with Crippen LogP contribution in [-0.2, 0) is 18.4 Å². The van der Waals surface area contributed by atoms with Gasteiger partial charge in [-0.25, -0.2) is 0 Å². The van der Waals surface area contributed by atoms with Crippen molar-refractivity contribution in [3.05, 3.63) is 85.1 Å². The van der Waals surface area contributed by atoms with Gasteiger partial charge in [0.15, 0.2) is 0 Å². The number of unbranched alkanes of at least 4 members (excludes halogenated alkanes) is 22. The lowest BCUT2D eigenvalue weighted by Gasteiger charge is -2.29. The SMILES string of the molecule is CC/C=C\C/C=C\C/C=C\C/C=C\C/C=C\C/C=C\CCCCCCCCCCCCCCCCCCCCCCC(=O)NC(COP(=O)([O-])OCC[N+](C)(C)C)C(O)/C=C/CCCC. The van der Waals surface area contributed by atoms with Crippen LogP contribution in [-0.4, -0.2) is 68.5 Å². The van der Waals surface area contributed by atoms with E-state index in [9.17, 15) is 19.4 Å². The number of amides is 1. The second kappa shape index (κ2) is 46.8. The Morgan fingerprint density at radius 2 is 0.938 bits per heavy atom. The lowest BCUT2D eigenvalue weighted by molar-refractivity contribution is -0.870. The zero-order chi connectivity index (χ0) is 47.8. The van der Waals surface area contributed by atoms with Gasteiger partial charge < -0.3 is 28.8 Å². The normalized spacial score (nSPS) is 14.8. The average molecular weight is 929 g/mol. The number of nitrogens with zero attached hydrogens (tertiary/aromatic N) is 1. The molecule has 3 atom stereocenters. The van der Waals surface area contributed by atoms with E-state index in [0.717, 1.165) is 77.0 Å². The van der Waals surface area contributed by atoms with Crippen LogP contribution in [0, 0.1) is 0 Å². The number of rotatable bonds is 47. The van der Waals surface area contributed by atoms with Crippen LogP contribution in [0.15, 0.2) is 85.1 Å². The van der Waals surface area contributed by atoms with Crippen molar-refractivity contribution in [2.75, 3.05) is 40.9 Å². The van der Waals surface area contributed by atoms with E-state index in [1.807, 2.05) is 27.2 Å². The molecule has 0 heterocycles. The molecular weight excluding hydrogens is 828 g/mol. The fourth-order valence-corrected chi connectivity index (χ4v) is 7.92. The van der Waals surface area contributed by atoms with Crippen molar-refractivity contribution in [2.24, 2.45) is 0 Å². The highest BCUT2D eigenvalue weighted by Crippen LogP contribution is 2.38. The van der Waals surface area contributed by atoms with Crippen LogP contribution in [0.5, 0.6) is 0 Å². The molecule has 0 radical (unpaired) electrons. The fraction of sp³-hybridized carbons (Fsp3) is 0.732. The lowest BCUT2D eigenvalue weighted by atomic mass is 10.0. The first-order valence-corrected chi connectivity index (χ1v) is 27.9. The van der Waals surface area contributed by atoms with Crippen LogP contribution < -0.4 is 10.2 Å². The summed E-state index contributed by atoms with van der Waals surface area (Å²) in [6.45, 7) is 4.37. The first-order valence-electron chi connectivity index (χ1n) is 26.4. The Hall–Kier alpha value is -2.32. The molecule has 0 rings (SSSR count). The summed E-state index contributed by atoms with van der Waals surface area (Å²) in [6, 6.07) is -0.883. The van der Waals surface area contributed by atoms with Crippen molar-refractivity contribution in [3.63, 3.8) is 0 Å². The molecule has 0 saturated heterocycles. The van der Waals surface area contributed by atoms with Crippen LogP contribution in [0.2, 0.25) is 0 Å². The van der Waals surface area contributed by atoms with Gasteiger partial charge in [-0.3, -0.25) is 9.36 Å². The maximum Gasteiger partial charge on any atom is 0.268 e. The van der Waals surface area contributed by atoms with Crippen LogP contribution in [0.1, 0.15) is 213 Å². The number of phosphoric ester groups is 1. The molecule has 0 spiro atoms. The van der Waals surface area contributed by atoms with E-state index in [-0.39, 0.29) is 19.1 Å². The molecule has 2 N–H and O–H groups in total. The number of allylic oxidation sites excluding steroid dienone is 13. The molecule has 8 nitrogen and oxygen atoms in total. The van der Waals surface area contributed by atoms with Crippen LogP contribution in [0.4, 0.5) is 0 Å². The van der Waals surface area contributed by atoms with Crippen molar-refractivity contribution >= 4 is 13.7 Å². The Kier molecular flexibility index (Phi) is 45.1. The largest absolute Gasteiger partial charge is 0.756 e. The summed E-state index contributed by atoms with van der Waals surface area (Å²) in [5.41, 5.74) is 0. The summed E-state index contributed by atoms with van der Waals surface area (Å²) >= 11 is 0. The van der Waals surface area contributed by atoms with Crippen molar-refractivity contribution in [1.82, 2.24) is 5.32 Å². The molecule has 0 aliphatic heterocycles. The van der Waals surface area contributed by atoms with Gasteiger partial charge in [0.05, 0.1) is 39.9 Å². The summed E-state index contributed by atoms with van der Waals surface area (Å²) in [7, 11) is 1.25. The average Bonchev–Trinajstić information content (AvgIpc) is 3.26. The van der Waals surface area contributed by atoms with Gasteiger partial charge in [0.25, 0.3) is 7.82 Å². The molecule has 0 saturated carbocycles. The molecule has 3 unspecified atom stereocenters. The van der Waals surface area contributed by atoms with Crippen LogP contribution in [0.25, 0.3) is 0 Å². The van der Waals surface area contributed by atoms with Crippen LogP contribution in [0.3, 0.4) is 0 Å². The highest BCUT2D eigenvalue weighted by Gasteiger charge is 2.23. The molecule has 0 aliphatic carbocycles. The maximum atomic E-state index is 12.7. The molecule has 0 fully saturated rings. The van der Waals surface area contributed by atoms with E-state index in [1.54, 1.807) is 6.08 Å². The Morgan fingerprint density at radius 3 is 1.35 bits per heavy atom. The zero-order valence-corrected chi connectivity index (χ0v) is 43.6. The molecule has 1 amide bonds. The van der Waals surface area contributed by atoms with Gasteiger partial charge in [-0.2, -0.15) is 0 Å². The van der Waals surface area contributed by atoms with Gasteiger partial charge in [0.2, 0.25) is 5.91 Å². The molecule has 9 heteroatoms. The third-order valence-corrected chi connectivity index (χ3v) is 12.3. The fourth-order valence-electron chi connectivity index (χ4n) is 7.20. The minimum Gasteiger partial charge on any atom is -0.756 e. The van der Waals surface area contributed by atoms with Crippen LogP contribution >= 0.6 is 7.82 Å². The van der Waals surface area contributed by atoms with Crippen molar-refractivity contribution in [3.8, 4) is 0 Å². The second-order valence-corrected chi connectivity index (χ2v) is 20.3. The van der Waals surface area contributed by atoms with Gasteiger partial charge >= 0.3 is 0 Å².